The molecule has 1 unspecified atom stereocenters. The van der Waals surface area contributed by atoms with Gasteiger partial charge in [0.1, 0.15) is 21.3 Å². The van der Waals surface area contributed by atoms with Crippen molar-refractivity contribution in [3.05, 3.63) is 39.8 Å². The first kappa shape index (κ1) is 30.2. The van der Waals surface area contributed by atoms with Crippen LogP contribution in [0, 0.1) is 22.7 Å². The molecule has 4 aliphatic rings. The highest BCUT2D eigenvalue weighted by molar-refractivity contribution is 8.20. The molecule has 11 nitrogen and oxygen atoms in total. The van der Waals surface area contributed by atoms with Crippen LogP contribution in [0.2, 0.25) is 0 Å². The summed E-state index contributed by atoms with van der Waals surface area (Å²) in [6.07, 6.45) is 8.43. The lowest BCUT2D eigenvalue weighted by Gasteiger charge is -2.35. The van der Waals surface area contributed by atoms with Crippen molar-refractivity contribution in [2.45, 2.75) is 65.5 Å². The number of carbonyl (C=O) groups is 3. The molecule has 0 radical (unpaired) electrons. The number of aromatic nitrogens is 1. The van der Waals surface area contributed by atoms with Crippen molar-refractivity contribution in [1.29, 1.82) is 5.26 Å². The van der Waals surface area contributed by atoms with E-state index in [1.54, 1.807) is 22.6 Å². The molecule has 3 atom stereocenters. The van der Waals surface area contributed by atoms with Crippen molar-refractivity contribution < 1.29 is 19.1 Å². The van der Waals surface area contributed by atoms with Gasteiger partial charge >= 0.3 is 6.03 Å². The van der Waals surface area contributed by atoms with Gasteiger partial charge in [-0.05, 0) is 66.2 Å². The van der Waals surface area contributed by atoms with Crippen molar-refractivity contribution in [3.8, 4) is 6.07 Å². The third kappa shape index (κ3) is 5.69. The summed E-state index contributed by atoms with van der Waals surface area (Å²) in [7, 11) is -0.708. The third-order valence-electron chi connectivity index (χ3n) is 8.11. The molecule has 1 saturated heterocycles. The zero-order valence-electron chi connectivity index (χ0n) is 25.1. The third-order valence-corrected chi connectivity index (χ3v) is 11.0. The van der Waals surface area contributed by atoms with Crippen LogP contribution < -0.4 is 20.3 Å². The number of nitrogens with zero attached hydrogens (tertiary/aromatic N) is 4. The maximum absolute atomic E-state index is 13.7. The second kappa shape index (κ2) is 11.9. The Kier molecular flexibility index (Phi) is 8.17. The van der Waals surface area contributed by atoms with Crippen LogP contribution in [0.1, 0.15) is 63.0 Å². The fraction of sp³-hybridized carbons (Fsp3) is 0.452. The van der Waals surface area contributed by atoms with Crippen LogP contribution in [-0.2, 0) is 9.53 Å². The van der Waals surface area contributed by atoms with Gasteiger partial charge in [0.25, 0.3) is 11.8 Å². The fourth-order valence-corrected chi connectivity index (χ4v) is 8.61. The molecule has 0 aromatic carbocycles. The van der Waals surface area contributed by atoms with Crippen molar-refractivity contribution in [3.63, 3.8) is 0 Å². The number of hydrogen-bond acceptors (Lipinski definition) is 8. The molecule has 2 aromatic rings. The number of rotatable bonds is 8. The van der Waals surface area contributed by atoms with E-state index >= 15 is 0 Å². The Balaban J connectivity index is 1.23. The summed E-state index contributed by atoms with van der Waals surface area (Å²) in [5.41, 5.74) is 3.70. The molecule has 3 aliphatic heterocycles. The van der Waals surface area contributed by atoms with Crippen molar-refractivity contribution in [2.24, 2.45) is 16.3 Å². The highest BCUT2D eigenvalue weighted by atomic mass is 32.2. The molecule has 230 valence electrons. The molecule has 2 fully saturated rings. The van der Waals surface area contributed by atoms with Gasteiger partial charge in [0.05, 0.1) is 35.5 Å². The van der Waals surface area contributed by atoms with Gasteiger partial charge < -0.3 is 20.7 Å². The molecular weight excluding hydrogens is 599 g/mol. The zero-order valence-corrected chi connectivity index (χ0v) is 26.7. The summed E-state index contributed by atoms with van der Waals surface area (Å²) in [6.45, 7) is 9.19. The lowest BCUT2D eigenvalue weighted by Crippen LogP contribution is -2.49. The average Bonchev–Trinajstić information content (AvgIpc) is 3.56. The number of ether oxygens (including phenoxy) is 1. The second-order valence-corrected chi connectivity index (χ2v) is 15.2. The molecule has 4 amide bonds. The molecule has 5 heterocycles. The number of amides is 4. The van der Waals surface area contributed by atoms with Crippen molar-refractivity contribution in [2.75, 3.05) is 22.8 Å². The van der Waals surface area contributed by atoms with Gasteiger partial charge in [0.2, 0.25) is 0 Å². The minimum Gasteiger partial charge on any atom is -0.379 e. The van der Waals surface area contributed by atoms with E-state index in [-0.39, 0.29) is 35.0 Å². The number of carbonyl (C=O) groups excluding carboxylic acids is 3. The Bertz CT molecular complexity index is 1730. The number of urea groups is 1. The van der Waals surface area contributed by atoms with E-state index in [0.29, 0.717) is 53.1 Å². The topological polar surface area (TPSA) is 149 Å². The number of pyridine rings is 1. The largest absolute Gasteiger partial charge is 0.379 e. The van der Waals surface area contributed by atoms with Gasteiger partial charge in [-0.25, -0.2) is 14.1 Å². The normalized spacial score (nSPS) is 24.1. The Labute approximate surface area is 262 Å². The molecule has 44 heavy (non-hydrogen) atoms. The predicted molar refractivity (Wildman–Crippen MR) is 175 cm³/mol. The first-order chi connectivity index (χ1) is 21.1. The van der Waals surface area contributed by atoms with Crippen LogP contribution >= 0.6 is 22.0 Å². The van der Waals surface area contributed by atoms with Gasteiger partial charge in [0, 0.05) is 29.4 Å². The molecule has 6 rings (SSSR count). The fourth-order valence-electron chi connectivity index (χ4n) is 5.96. The molecule has 0 spiro atoms. The monoisotopic (exact) mass is 633 g/mol. The summed E-state index contributed by atoms with van der Waals surface area (Å²) in [5.74, 6) is -0.314. The standard InChI is InChI=1S/C31H35N7O4S2/c1-17(2)10-20-11-18(3)44(16-34-20)38-23-8-9-33-29-24(23)25(37-30(38)41)26(43-29)28(40)36-22-7-5-6-21(22)35-27(39)19(13-32)12-31(4)14-42-15-31/h8-9,11-12,16-17,21-22H,5-7,10,14-15H2,1-4H3,(H,35,39)(H,36,40)(H,37,41)/b19-12+/t21-,22+,44?/m0/s1. The predicted octanol–water partition coefficient (Wildman–Crippen LogP) is 5.25. The van der Waals surface area contributed by atoms with E-state index in [9.17, 15) is 19.6 Å². The Morgan fingerprint density at radius 1 is 1.32 bits per heavy atom. The van der Waals surface area contributed by atoms with Gasteiger partial charge in [-0.3, -0.25) is 14.6 Å². The number of aliphatic imine (C=N–C) groups is 1. The Morgan fingerprint density at radius 3 is 2.73 bits per heavy atom. The lowest BCUT2D eigenvalue weighted by molar-refractivity contribution is -0.118. The van der Waals surface area contributed by atoms with Gasteiger partial charge in [-0.1, -0.05) is 26.8 Å². The second-order valence-electron chi connectivity index (χ2n) is 12.3. The molecule has 1 saturated carbocycles. The Morgan fingerprint density at radius 2 is 2.07 bits per heavy atom. The Hall–Kier alpha value is -3.86. The minimum absolute atomic E-state index is 0.0513. The van der Waals surface area contributed by atoms with Crippen LogP contribution in [0.15, 0.2) is 39.9 Å². The first-order valence-corrected chi connectivity index (χ1v) is 16.8. The van der Waals surface area contributed by atoms with Crippen LogP contribution in [0.4, 0.5) is 16.2 Å². The summed E-state index contributed by atoms with van der Waals surface area (Å²) in [6, 6.07) is 2.84. The van der Waals surface area contributed by atoms with Crippen LogP contribution in [-0.4, -0.2) is 59.3 Å². The van der Waals surface area contributed by atoms with Gasteiger partial charge in [-0.15, -0.1) is 11.3 Å². The van der Waals surface area contributed by atoms with E-state index in [1.807, 2.05) is 25.4 Å². The number of nitriles is 1. The molecule has 2 aromatic heterocycles. The molecule has 13 heteroatoms. The quantitative estimate of drug-likeness (QED) is 0.205. The number of nitrogens with one attached hydrogen (secondary N) is 3. The van der Waals surface area contributed by atoms with E-state index in [1.165, 1.54) is 11.3 Å². The SMILES string of the molecule is CC1=CC(CC(C)C)=NC=S1N1C(=O)Nc2c(C(=O)N[C@@H]3CCC[C@@H]3NC(=O)/C(C#N)=C/C3(C)COC3)sc3nccc1c23. The summed E-state index contributed by atoms with van der Waals surface area (Å²) < 4.78 is 6.94. The smallest absolute Gasteiger partial charge is 0.336 e. The van der Waals surface area contributed by atoms with E-state index < -0.39 is 16.6 Å². The highest BCUT2D eigenvalue weighted by Crippen LogP contribution is 2.48. The van der Waals surface area contributed by atoms with Gasteiger partial charge in [-0.2, -0.15) is 5.26 Å². The van der Waals surface area contributed by atoms with Crippen molar-refractivity contribution in [1.82, 2.24) is 15.6 Å². The van der Waals surface area contributed by atoms with Gasteiger partial charge in [0.15, 0.2) is 0 Å². The van der Waals surface area contributed by atoms with Crippen molar-refractivity contribution >= 4 is 72.6 Å². The van der Waals surface area contributed by atoms with E-state index in [2.05, 4.69) is 45.9 Å². The number of thiophene rings is 1. The highest BCUT2D eigenvalue weighted by Gasteiger charge is 2.37. The minimum atomic E-state index is -0.708. The average molecular weight is 634 g/mol. The first-order valence-electron chi connectivity index (χ1n) is 14.7. The summed E-state index contributed by atoms with van der Waals surface area (Å²) in [4.78, 5) is 51.5. The van der Waals surface area contributed by atoms with Crippen LogP contribution in [0.25, 0.3) is 10.2 Å². The lowest BCUT2D eigenvalue weighted by atomic mass is 9.86. The maximum Gasteiger partial charge on any atom is 0.336 e. The maximum atomic E-state index is 13.7. The molecule has 1 aliphatic carbocycles. The van der Waals surface area contributed by atoms with Crippen LogP contribution in [0.5, 0.6) is 0 Å². The number of anilines is 2. The zero-order chi connectivity index (χ0) is 31.2. The summed E-state index contributed by atoms with van der Waals surface area (Å²) >= 11 is 1.23. The van der Waals surface area contributed by atoms with E-state index in [4.69, 9.17) is 4.74 Å². The molecular formula is C31H35N7O4S2. The molecule has 3 N–H and O–H groups in total. The summed E-state index contributed by atoms with van der Waals surface area (Å²) in [5, 5.41) is 19.3. The van der Waals surface area contributed by atoms with E-state index in [0.717, 1.165) is 28.8 Å². The number of hydrogen-bond donors (Lipinski definition) is 3. The van der Waals surface area contributed by atoms with Crippen LogP contribution in [0.3, 0.4) is 0 Å². The molecule has 0 bridgehead atoms. The number of allylic oxidation sites excluding steroid dienone is 2.